The first-order valence-corrected chi connectivity index (χ1v) is 8.25. The van der Waals surface area contributed by atoms with Gasteiger partial charge in [0.25, 0.3) is 0 Å². The Labute approximate surface area is 156 Å². The molecule has 7 nitrogen and oxygen atoms in total. The quantitative estimate of drug-likeness (QED) is 0.793. The van der Waals surface area contributed by atoms with Crippen LogP contribution in [0.2, 0.25) is 0 Å². The number of hydrogen-bond acceptors (Lipinski definition) is 5. The lowest BCUT2D eigenvalue weighted by molar-refractivity contribution is -0.136. The molecule has 0 saturated heterocycles. The maximum absolute atomic E-state index is 12.6. The number of carbonyl (C=O) groups is 2. The normalized spacial score (nSPS) is 16.3. The zero-order valence-electron chi connectivity index (χ0n) is 15.2. The van der Waals surface area contributed by atoms with Gasteiger partial charge in [0.15, 0.2) is 0 Å². The van der Waals surface area contributed by atoms with E-state index in [0.29, 0.717) is 33.9 Å². The molecule has 2 N–H and O–H groups in total. The van der Waals surface area contributed by atoms with Gasteiger partial charge >= 0.3 is 12.0 Å². The summed E-state index contributed by atoms with van der Waals surface area (Å²) in [5, 5.41) is 5.50. The van der Waals surface area contributed by atoms with Crippen LogP contribution in [0.5, 0.6) is 11.5 Å². The topological polar surface area (TPSA) is 85.9 Å². The first kappa shape index (κ1) is 18.3. The minimum absolute atomic E-state index is 0.290. The van der Waals surface area contributed by atoms with E-state index >= 15 is 0 Å². The third-order valence-corrected chi connectivity index (χ3v) is 4.26. The van der Waals surface area contributed by atoms with Crippen LogP contribution >= 0.6 is 0 Å². The molecule has 0 radical (unpaired) electrons. The third kappa shape index (κ3) is 3.72. The van der Waals surface area contributed by atoms with Crippen LogP contribution in [0.1, 0.15) is 17.2 Å². The molecule has 1 heterocycles. The van der Waals surface area contributed by atoms with E-state index in [1.165, 1.54) is 7.11 Å². The van der Waals surface area contributed by atoms with E-state index in [-0.39, 0.29) is 0 Å². The Kier molecular flexibility index (Phi) is 5.30. The van der Waals surface area contributed by atoms with Crippen molar-refractivity contribution < 1.29 is 23.8 Å². The van der Waals surface area contributed by atoms with Crippen molar-refractivity contribution in [1.29, 1.82) is 0 Å². The van der Waals surface area contributed by atoms with Crippen molar-refractivity contribution >= 4 is 17.7 Å². The fourth-order valence-corrected chi connectivity index (χ4v) is 2.97. The molecular weight excluding hydrogens is 348 g/mol. The largest absolute Gasteiger partial charge is 0.497 e. The monoisotopic (exact) mass is 368 g/mol. The number of nitrogens with one attached hydrogen (secondary N) is 2. The number of carbonyl (C=O) groups excluding carboxylic acids is 2. The van der Waals surface area contributed by atoms with Gasteiger partial charge in [0.1, 0.15) is 11.5 Å². The van der Waals surface area contributed by atoms with Crippen LogP contribution < -0.4 is 20.1 Å². The molecular formula is C20H20N2O5. The molecule has 0 unspecified atom stereocenters. The van der Waals surface area contributed by atoms with E-state index < -0.39 is 18.0 Å². The van der Waals surface area contributed by atoms with Crippen molar-refractivity contribution in [2.45, 2.75) is 6.04 Å². The summed E-state index contributed by atoms with van der Waals surface area (Å²) >= 11 is 0. The van der Waals surface area contributed by atoms with Gasteiger partial charge in [-0.2, -0.15) is 0 Å². The highest BCUT2D eigenvalue weighted by atomic mass is 16.5. The van der Waals surface area contributed by atoms with Gasteiger partial charge in [-0.3, -0.25) is 0 Å². The van der Waals surface area contributed by atoms with Gasteiger partial charge in [-0.05, 0) is 29.8 Å². The molecule has 2 aromatic carbocycles. The SMILES string of the molecule is COC(=O)C1=C(c2cccc(OC)c2)NC(=O)N[C@@H]1c1cccc(OC)c1. The van der Waals surface area contributed by atoms with Gasteiger partial charge in [-0.15, -0.1) is 0 Å². The minimum Gasteiger partial charge on any atom is -0.497 e. The van der Waals surface area contributed by atoms with E-state index in [1.807, 2.05) is 6.07 Å². The summed E-state index contributed by atoms with van der Waals surface area (Å²) in [6.45, 7) is 0. The van der Waals surface area contributed by atoms with E-state index in [2.05, 4.69) is 10.6 Å². The first-order valence-electron chi connectivity index (χ1n) is 8.25. The number of ether oxygens (including phenoxy) is 3. The van der Waals surface area contributed by atoms with E-state index in [9.17, 15) is 9.59 Å². The van der Waals surface area contributed by atoms with Crippen LogP contribution in [0.25, 0.3) is 5.70 Å². The zero-order valence-corrected chi connectivity index (χ0v) is 15.2. The van der Waals surface area contributed by atoms with Crippen molar-refractivity contribution in [3.63, 3.8) is 0 Å². The van der Waals surface area contributed by atoms with Crippen LogP contribution in [0.3, 0.4) is 0 Å². The molecule has 140 valence electrons. The summed E-state index contributed by atoms with van der Waals surface area (Å²) < 4.78 is 15.5. The summed E-state index contributed by atoms with van der Waals surface area (Å²) in [6, 6.07) is 13.1. The van der Waals surface area contributed by atoms with Crippen LogP contribution in [-0.2, 0) is 9.53 Å². The van der Waals surface area contributed by atoms with Gasteiger partial charge < -0.3 is 24.8 Å². The standard InChI is InChI=1S/C20H20N2O5/c1-25-14-8-4-6-12(10-14)17-16(19(23)27-3)18(22-20(24)21-17)13-7-5-9-15(11-13)26-2/h4-11,17H,1-3H3,(H2,21,22,24)/t17-/m1/s1. The minimum atomic E-state index is -0.692. The van der Waals surface area contributed by atoms with Crippen molar-refractivity contribution in [3.8, 4) is 11.5 Å². The molecule has 27 heavy (non-hydrogen) atoms. The van der Waals surface area contributed by atoms with Gasteiger partial charge in [0.05, 0.1) is 38.6 Å². The molecule has 1 aliphatic heterocycles. The van der Waals surface area contributed by atoms with Crippen LogP contribution in [0.15, 0.2) is 54.1 Å². The molecule has 0 spiro atoms. The Balaban J connectivity index is 2.19. The second-order valence-electron chi connectivity index (χ2n) is 5.82. The van der Waals surface area contributed by atoms with E-state index in [1.54, 1.807) is 56.7 Å². The lowest BCUT2D eigenvalue weighted by atomic mass is 9.92. The summed E-state index contributed by atoms with van der Waals surface area (Å²) in [5.41, 5.74) is 2.00. The van der Waals surface area contributed by atoms with Crippen LogP contribution in [0, 0.1) is 0 Å². The Bertz CT molecular complexity index is 907. The molecule has 0 fully saturated rings. The number of methoxy groups -OCH3 is 3. The van der Waals surface area contributed by atoms with E-state index in [0.717, 1.165) is 0 Å². The summed E-state index contributed by atoms with van der Waals surface area (Å²) in [6.07, 6.45) is 0. The molecule has 1 aliphatic rings. The average molecular weight is 368 g/mol. The summed E-state index contributed by atoms with van der Waals surface area (Å²) in [5.74, 6) is 0.676. The van der Waals surface area contributed by atoms with Gasteiger partial charge in [0.2, 0.25) is 0 Å². The fourth-order valence-electron chi connectivity index (χ4n) is 2.97. The second kappa shape index (κ2) is 7.82. The molecule has 0 saturated carbocycles. The molecule has 7 heteroatoms. The summed E-state index contributed by atoms with van der Waals surface area (Å²) in [4.78, 5) is 24.9. The lowest BCUT2D eigenvalue weighted by Gasteiger charge is -2.29. The zero-order chi connectivity index (χ0) is 19.4. The average Bonchev–Trinajstić information content (AvgIpc) is 2.72. The highest BCUT2D eigenvalue weighted by molar-refractivity contribution is 6.04. The van der Waals surface area contributed by atoms with Crippen molar-refractivity contribution in [2.24, 2.45) is 0 Å². The Hall–Kier alpha value is -3.48. The summed E-state index contributed by atoms with van der Waals surface area (Å²) in [7, 11) is 4.41. The predicted molar refractivity (Wildman–Crippen MR) is 99.3 cm³/mol. The highest BCUT2D eigenvalue weighted by Crippen LogP contribution is 2.33. The Morgan fingerprint density at radius 1 is 0.963 bits per heavy atom. The molecule has 2 amide bonds. The molecule has 3 rings (SSSR count). The van der Waals surface area contributed by atoms with Gasteiger partial charge in [-0.25, -0.2) is 9.59 Å². The number of urea groups is 1. The van der Waals surface area contributed by atoms with Crippen molar-refractivity contribution in [1.82, 2.24) is 10.6 Å². The first-order chi connectivity index (χ1) is 13.1. The maximum atomic E-state index is 12.6. The fraction of sp³-hybridized carbons (Fsp3) is 0.200. The van der Waals surface area contributed by atoms with Crippen LogP contribution in [0.4, 0.5) is 4.79 Å². The van der Waals surface area contributed by atoms with Crippen LogP contribution in [-0.4, -0.2) is 33.3 Å². The van der Waals surface area contributed by atoms with E-state index in [4.69, 9.17) is 14.2 Å². The Morgan fingerprint density at radius 2 is 1.63 bits per heavy atom. The number of hydrogen-bond donors (Lipinski definition) is 2. The smallest absolute Gasteiger partial charge is 0.338 e. The maximum Gasteiger partial charge on any atom is 0.338 e. The predicted octanol–water partition coefficient (Wildman–Crippen LogP) is 2.64. The second-order valence-corrected chi connectivity index (χ2v) is 5.82. The highest BCUT2D eigenvalue weighted by Gasteiger charge is 2.34. The number of esters is 1. The van der Waals surface area contributed by atoms with Crippen molar-refractivity contribution in [3.05, 3.63) is 65.2 Å². The Morgan fingerprint density at radius 3 is 2.30 bits per heavy atom. The molecule has 0 aromatic heterocycles. The molecule has 0 bridgehead atoms. The molecule has 0 aliphatic carbocycles. The number of rotatable bonds is 5. The molecule has 2 aromatic rings. The number of benzene rings is 2. The van der Waals surface area contributed by atoms with Gasteiger partial charge in [-0.1, -0.05) is 24.3 Å². The van der Waals surface area contributed by atoms with Gasteiger partial charge in [0, 0.05) is 5.56 Å². The third-order valence-electron chi connectivity index (χ3n) is 4.26. The van der Waals surface area contributed by atoms with Crippen molar-refractivity contribution in [2.75, 3.05) is 21.3 Å². The number of amides is 2. The lowest BCUT2D eigenvalue weighted by Crippen LogP contribution is -2.45. The molecule has 1 atom stereocenters.